The Kier molecular flexibility index (Phi) is 9.67. The molecule has 38 heavy (non-hydrogen) atoms. The van der Waals surface area contributed by atoms with Crippen LogP contribution in [-0.2, 0) is 21.2 Å². The maximum atomic E-state index is 13.1. The lowest BCUT2D eigenvalue weighted by Gasteiger charge is -2.16. The molecule has 0 radical (unpaired) electrons. The van der Waals surface area contributed by atoms with Crippen molar-refractivity contribution >= 4 is 27.5 Å². The number of hydrogen-bond donors (Lipinski definition) is 3. The average molecular weight is 537 g/mol. The molecule has 10 nitrogen and oxygen atoms in total. The number of carboxylic acids is 1. The molecular weight excluding hydrogens is 508 g/mol. The van der Waals surface area contributed by atoms with E-state index in [9.17, 15) is 18.3 Å². The van der Waals surface area contributed by atoms with Crippen LogP contribution in [0.4, 0.5) is 5.69 Å². The highest BCUT2D eigenvalue weighted by Crippen LogP contribution is 2.28. The SMILES string of the molecule is CN=C(NC#N)Nc1ccc(OC)c(COc2ccc(S(=O)(=O)CC(CC(=O)O)c3ccccc3)cc2)c1. The molecule has 0 aliphatic heterocycles. The Morgan fingerprint density at radius 2 is 1.82 bits per heavy atom. The van der Waals surface area contributed by atoms with E-state index in [-0.39, 0.29) is 29.6 Å². The van der Waals surface area contributed by atoms with Crippen LogP contribution < -0.4 is 20.1 Å². The van der Waals surface area contributed by atoms with Crippen molar-refractivity contribution in [2.75, 3.05) is 25.2 Å². The van der Waals surface area contributed by atoms with Crippen LogP contribution in [0, 0.1) is 11.5 Å². The minimum atomic E-state index is -3.76. The fourth-order valence-electron chi connectivity index (χ4n) is 3.78. The lowest BCUT2D eigenvalue weighted by molar-refractivity contribution is -0.137. The Hall–Kier alpha value is -4.56. The molecule has 3 N–H and O–H groups in total. The monoisotopic (exact) mass is 536 g/mol. The molecule has 0 spiro atoms. The molecule has 0 heterocycles. The van der Waals surface area contributed by atoms with Gasteiger partial charge in [0.1, 0.15) is 18.1 Å². The van der Waals surface area contributed by atoms with Gasteiger partial charge in [-0.05, 0) is 48.0 Å². The summed E-state index contributed by atoms with van der Waals surface area (Å²) >= 11 is 0. The number of hydrogen-bond acceptors (Lipinski definition) is 7. The molecule has 0 aliphatic carbocycles. The smallest absolute Gasteiger partial charge is 0.303 e. The predicted molar refractivity (Wildman–Crippen MR) is 143 cm³/mol. The Bertz CT molecular complexity index is 1420. The highest BCUT2D eigenvalue weighted by atomic mass is 32.2. The van der Waals surface area contributed by atoms with E-state index >= 15 is 0 Å². The molecule has 3 aromatic carbocycles. The van der Waals surface area contributed by atoms with Gasteiger partial charge < -0.3 is 19.9 Å². The molecule has 0 amide bonds. The fraction of sp³-hybridized carbons (Fsp3) is 0.222. The third kappa shape index (κ3) is 7.72. The van der Waals surface area contributed by atoms with E-state index in [1.54, 1.807) is 66.9 Å². The number of ether oxygens (including phenoxy) is 2. The summed E-state index contributed by atoms with van der Waals surface area (Å²) in [5, 5.41) is 23.5. The molecule has 0 aliphatic rings. The van der Waals surface area contributed by atoms with Crippen LogP contribution in [0.3, 0.4) is 0 Å². The van der Waals surface area contributed by atoms with E-state index in [0.29, 0.717) is 28.3 Å². The number of carbonyl (C=O) groups is 1. The summed E-state index contributed by atoms with van der Waals surface area (Å²) < 4.78 is 37.4. The number of anilines is 1. The maximum absolute atomic E-state index is 13.1. The molecule has 3 aromatic rings. The number of aliphatic imine (C=N–C) groups is 1. The zero-order valence-electron chi connectivity index (χ0n) is 20.9. The van der Waals surface area contributed by atoms with Gasteiger partial charge in [0.15, 0.2) is 16.0 Å². The number of sulfone groups is 1. The fourth-order valence-corrected chi connectivity index (χ4v) is 5.36. The van der Waals surface area contributed by atoms with Gasteiger partial charge in [0.2, 0.25) is 5.96 Å². The van der Waals surface area contributed by atoms with E-state index in [2.05, 4.69) is 15.6 Å². The number of benzene rings is 3. The number of guanidine groups is 1. The summed E-state index contributed by atoms with van der Waals surface area (Å²) in [5.74, 6) is -0.764. The lowest BCUT2D eigenvalue weighted by atomic mass is 9.98. The van der Waals surface area contributed by atoms with Gasteiger partial charge in [0.05, 0.1) is 24.2 Å². The normalized spacial score (nSPS) is 12.2. The van der Waals surface area contributed by atoms with E-state index in [4.69, 9.17) is 14.7 Å². The van der Waals surface area contributed by atoms with Crippen molar-refractivity contribution in [1.29, 1.82) is 5.26 Å². The van der Waals surface area contributed by atoms with E-state index in [1.165, 1.54) is 26.3 Å². The van der Waals surface area contributed by atoms with Crippen LogP contribution in [0.1, 0.15) is 23.5 Å². The number of nitrogens with one attached hydrogen (secondary N) is 2. The first-order chi connectivity index (χ1) is 18.2. The van der Waals surface area contributed by atoms with Crippen LogP contribution in [-0.4, -0.2) is 45.4 Å². The van der Waals surface area contributed by atoms with Crippen LogP contribution in [0.5, 0.6) is 11.5 Å². The third-order valence-electron chi connectivity index (χ3n) is 5.63. The number of carboxylic acid groups (broad SMARTS) is 1. The molecule has 0 saturated carbocycles. The van der Waals surface area contributed by atoms with Crippen LogP contribution in [0.2, 0.25) is 0 Å². The van der Waals surface area contributed by atoms with Crippen LogP contribution in [0.15, 0.2) is 82.7 Å². The largest absolute Gasteiger partial charge is 0.496 e. The van der Waals surface area contributed by atoms with E-state index < -0.39 is 21.7 Å². The van der Waals surface area contributed by atoms with Gasteiger partial charge in [0.25, 0.3) is 0 Å². The zero-order valence-corrected chi connectivity index (χ0v) is 21.7. The Morgan fingerprint density at radius 1 is 1.11 bits per heavy atom. The van der Waals surface area contributed by atoms with Gasteiger partial charge in [-0.3, -0.25) is 15.1 Å². The average Bonchev–Trinajstić information content (AvgIpc) is 2.91. The third-order valence-corrected chi connectivity index (χ3v) is 7.46. The number of nitrogens with zero attached hydrogens (tertiary/aromatic N) is 2. The highest BCUT2D eigenvalue weighted by molar-refractivity contribution is 7.91. The standard InChI is InChI=1S/C27H28N4O6S/c1-29-27(30-18-28)31-22-8-13-25(36-2)20(14-22)16-37-23-9-11-24(12-10-23)38(34,35)17-21(15-26(32)33)19-6-4-3-5-7-19/h3-14,21H,15-17H2,1-2H3,(H,32,33)(H2,29,30,31). The van der Waals surface area contributed by atoms with E-state index in [1.807, 2.05) is 0 Å². The molecule has 198 valence electrons. The second kappa shape index (κ2) is 13.1. The zero-order chi connectivity index (χ0) is 27.5. The van der Waals surface area contributed by atoms with Crippen molar-refractivity contribution in [3.63, 3.8) is 0 Å². The summed E-state index contributed by atoms with van der Waals surface area (Å²) in [4.78, 5) is 15.4. The minimum absolute atomic E-state index is 0.0799. The van der Waals surface area contributed by atoms with Crippen LogP contribution in [0.25, 0.3) is 0 Å². The molecule has 0 aromatic heterocycles. The number of methoxy groups -OCH3 is 1. The molecule has 0 bridgehead atoms. The van der Waals surface area contributed by atoms with E-state index in [0.717, 1.165) is 0 Å². The Morgan fingerprint density at radius 3 is 2.42 bits per heavy atom. The second-order valence-electron chi connectivity index (χ2n) is 8.21. The second-order valence-corrected chi connectivity index (χ2v) is 10.2. The Labute approximate surface area is 221 Å². The molecule has 0 saturated heterocycles. The Balaban J connectivity index is 1.72. The molecule has 0 fully saturated rings. The number of nitriles is 1. The van der Waals surface area contributed by atoms with Crippen LogP contribution >= 0.6 is 0 Å². The molecule has 3 rings (SSSR count). The van der Waals surface area contributed by atoms with Crippen molar-refractivity contribution in [1.82, 2.24) is 5.32 Å². The van der Waals surface area contributed by atoms with Crippen molar-refractivity contribution in [3.8, 4) is 17.7 Å². The summed E-state index contributed by atoms with van der Waals surface area (Å²) in [6.45, 7) is 0.129. The van der Waals surface area contributed by atoms with Gasteiger partial charge in [-0.25, -0.2) is 8.42 Å². The first kappa shape index (κ1) is 28.0. The van der Waals surface area contributed by atoms with Crippen molar-refractivity contribution < 1.29 is 27.8 Å². The molecular formula is C27H28N4O6S. The first-order valence-corrected chi connectivity index (χ1v) is 13.2. The molecule has 1 unspecified atom stereocenters. The number of aliphatic carboxylic acids is 1. The summed E-state index contributed by atoms with van der Waals surface area (Å²) in [6, 6.07) is 20.0. The van der Waals surface area contributed by atoms with Gasteiger partial charge in [-0.15, -0.1) is 0 Å². The number of rotatable bonds is 11. The van der Waals surface area contributed by atoms with Gasteiger partial charge in [-0.1, -0.05) is 30.3 Å². The highest BCUT2D eigenvalue weighted by Gasteiger charge is 2.25. The summed E-state index contributed by atoms with van der Waals surface area (Å²) in [6.07, 6.45) is 1.51. The predicted octanol–water partition coefficient (Wildman–Crippen LogP) is 3.77. The van der Waals surface area contributed by atoms with Gasteiger partial charge >= 0.3 is 5.97 Å². The maximum Gasteiger partial charge on any atom is 0.303 e. The molecule has 1 atom stereocenters. The summed E-state index contributed by atoms with van der Waals surface area (Å²) in [5.41, 5.74) is 2.02. The van der Waals surface area contributed by atoms with Crippen molar-refractivity contribution in [2.24, 2.45) is 4.99 Å². The topological polar surface area (TPSA) is 150 Å². The lowest BCUT2D eigenvalue weighted by Crippen LogP contribution is -2.26. The van der Waals surface area contributed by atoms with Crippen molar-refractivity contribution in [2.45, 2.75) is 23.8 Å². The molecule has 11 heteroatoms. The van der Waals surface area contributed by atoms with Crippen molar-refractivity contribution in [3.05, 3.63) is 83.9 Å². The first-order valence-electron chi connectivity index (χ1n) is 11.5. The minimum Gasteiger partial charge on any atom is -0.496 e. The quantitative estimate of drug-likeness (QED) is 0.144. The van der Waals surface area contributed by atoms with Gasteiger partial charge in [0, 0.05) is 24.2 Å². The van der Waals surface area contributed by atoms with Gasteiger partial charge in [-0.2, -0.15) is 5.26 Å². The summed E-state index contributed by atoms with van der Waals surface area (Å²) in [7, 11) is -0.683.